The zero-order valence-electron chi connectivity index (χ0n) is 22.8. The van der Waals surface area contributed by atoms with Crippen molar-refractivity contribution >= 4 is 45.6 Å². The molecule has 0 bridgehead atoms. The van der Waals surface area contributed by atoms with Gasteiger partial charge in [0.05, 0.1) is 17.5 Å². The van der Waals surface area contributed by atoms with E-state index in [1.165, 1.54) is 18.4 Å². The molecule has 200 valence electrons. The Hall–Kier alpha value is -3.86. The van der Waals surface area contributed by atoms with E-state index in [4.69, 9.17) is 9.97 Å². The molecule has 2 fully saturated rings. The standard InChI is InChI=1S/C31H35N7O/c1-19(2)20-9-11-21(12-10-20)38-24(39)17-22-25-23(18-32)29(37-15-7-4-8-16-37)33-27-26(25)28(34-30(22)38)36-31(35-27)13-5-3-6-14-31/h9-12,19H,3-8,13-17H2,1-2H3,(H,33,35)(H,34,36). The van der Waals surface area contributed by atoms with Crippen LogP contribution in [-0.2, 0) is 11.2 Å². The monoisotopic (exact) mass is 521 g/mol. The molecule has 3 aliphatic heterocycles. The van der Waals surface area contributed by atoms with E-state index in [1.54, 1.807) is 4.90 Å². The number of benzene rings is 1. The number of hydrogen-bond donors (Lipinski definition) is 2. The van der Waals surface area contributed by atoms with E-state index in [1.807, 2.05) is 12.1 Å². The zero-order chi connectivity index (χ0) is 26.7. The first kappa shape index (κ1) is 24.2. The van der Waals surface area contributed by atoms with Crippen LogP contribution in [0.5, 0.6) is 0 Å². The minimum Gasteiger partial charge on any atom is -0.355 e. The van der Waals surface area contributed by atoms with Crippen molar-refractivity contribution in [1.29, 1.82) is 5.26 Å². The fourth-order valence-electron chi connectivity index (χ4n) is 6.93. The van der Waals surface area contributed by atoms with Gasteiger partial charge in [0.2, 0.25) is 5.91 Å². The highest BCUT2D eigenvalue weighted by atomic mass is 16.2. The lowest BCUT2D eigenvalue weighted by atomic mass is 9.87. The van der Waals surface area contributed by atoms with Crippen LogP contribution in [-0.4, -0.2) is 34.6 Å². The summed E-state index contributed by atoms with van der Waals surface area (Å²) in [5, 5.41) is 19.7. The van der Waals surface area contributed by atoms with E-state index >= 15 is 0 Å². The number of aromatic nitrogens is 2. The van der Waals surface area contributed by atoms with Crippen molar-refractivity contribution in [2.75, 3.05) is 33.5 Å². The van der Waals surface area contributed by atoms with Crippen LogP contribution in [0.15, 0.2) is 24.3 Å². The summed E-state index contributed by atoms with van der Waals surface area (Å²) in [6, 6.07) is 10.7. The quantitative estimate of drug-likeness (QED) is 0.415. The van der Waals surface area contributed by atoms with Crippen molar-refractivity contribution in [3.63, 3.8) is 0 Å². The van der Waals surface area contributed by atoms with E-state index < -0.39 is 0 Å². The number of pyridine rings is 2. The van der Waals surface area contributed by atoms with Crippen LogP contribution >= 0.6 is 0 Å². The van der Waals surface area contributed by atoms with Gasteiger partial charge < -0.3 is 15.5 Å². The van der Waals surface area contributed by atoms with Crippen molar-refractivity contribution < 1.29 is 4.79 Å². The Morgan fingerprint density at radius 3 is 2.18 bits per heavy atom. The highest BCUT2D eigenvalue weighted by Crippen LogP contribution is 2.49. The van der Waals surface area contributed by atoms with Crippen LogP contribution in [0, 0.1) is 11.3 Å². The second kappa shape index (κ2) is 9.11. The molecule has 0 atom stereocenters. The number of carbonyl (C=O) groups excluding carboxylic acids is 1. The molecule has 1 saturated heterocycles. The molecule has 4 aliphatic rings. The normalized spacial score (nSPS) is 19.7. The summed E-state index contributed by atoms with van der Waals surface area (Å²) in [6.45, 7) is 6.12. The summed E-state index contributed by atoms with van der Waals surface area (Å²) in [4.78, 5) is 27.9. The van der Waals surface area contributed by atoms with Gasteiger partial charge in [0.25, 0.3) is 0 Å². The molecule has 7 rings (SSSR count). The fourth-order valence-corrected chi connectivity index (χ4v) is 6.93. The maximum absolute atomic E-state index is 13.6. The lowest BCUT2D eigenvalue weighted by molar-refractivity contribution is -0.116. The van der Waals surface area contributed by atoms with Gasteiger partial charge in [-0.2, -0.15) is 5.26 Å². The Kier molecular flexibility index (Phi) is 5.66. The number of hydrogen-bond acceptors (Lipinski definition) is 7. The number of rotatable bonds is 3. The highest BCUT2D eigenvalue weighted by Gasteiger charge is 2.42. The average molecular weight is 522 g/mol. The van der Waals surface area contributed by atoms with Crippen molar-refractivity contribution in [3.8, 4) is 6.07 Å². The Bertz CT molecular complexity index is 1510. The summed E-state index contributed by atoms with van der Waals surface area (Å²) in [5.41, 5.74) is 3.11. The van der Waals surface area contributed by atoms with Crippen LogP contribution in [0.4, 0.5) is 29.0 Å². The van der Waals surface area contributed by atoms with E-state index in [0.29, 0.717) is 17.3 Å². The molecule has 0 unspecified atom stereocenters. The first-order valence-corrected chi connectivity index (χ1v) is 14.5. The Morgan fingerprint density at radius 2 is 1.54 bits per heavy atom. The van der Waals surface area contributed by atoms with Crippen LogP contribution < -0.4 is 20.4 Å². The van der Waals surface area contributed by atoms with Crippen molar-refractivity contribution in [2.45, 2.75) is 83.2 Å². The maximum Gasteiger partial charge on any atom is 0.237 e. The van der Waals surface area contributed by atoms with Gasteiger partial charge in [-0.25, -0.2) is 9.97 Å². The molecule has 1 amide bonds. The van der Waals surface area contributed by atoms with Crippen LogP contribution in [0.3, 0.4) is 0 Å². The van der Waals surface area contributed by atoms with Crippen molar-refractivity contribution in [1.82, 2.24) is 9.97 Å². The molecule has 8 nitrogen and oxygen atoms in total. The molecule has 0 radical (unpaired) electrons. The second-order valence-corrected chi connectivity index (χ2v) is 11.9. The first-order valence-electron chi connectivity index (χ1n) is 14.5. The summed E-state index contributed by atoms with van der Waals surface area (Å²) < 4.78 is 0. The third-order valence-corrected chi connectivity index (χ3v) is 9.00. The Labute approximate surface area is 229 Å². The molecular weight excluding hydrogens is 486 g/mol. The predicted molar refractivity (Wildman–Crippen MR) is 155 cm³/mol. The lowest BCUT2D eigenvalue weighted by Gasteiger charge is -2.43. The SMILES string of the molecule is CC(C)c1ccc(N2C(=O)Cc3c2nc2c4c(nc(N5CCCCC5)c(C#N)c34)NC3(CCCCC3)N2)cc1. The summed E-state index contributed by atoms with van der Waals surface area (Å²) in [6.07, 6.45) is 9.05. The minimum atomic E-state index is -0.313. The van der Waals surface area contributed by atoms with Gasteiger partial charge in [0.15, 0.2) is 0 Å². The number of anilines is 5. The van der Waals surface area contributed by atoms with Crippen LogP contribution in [0.25, 0.3) is 10.8 Å². The highest BCUT2D eigenvalue weighted by molar-refractivity contribution is 6.16. The molecule has 2 N–H and O–H groups in total. The summed E-state index contributed by atoms with van der Waals surface area (Å²) >= 11 is 0. The molecule has 39 heavy (non-hydrogen) atoms. The van der Waals surface area contributed by atoms with Crippen LogP contribution in [0.1, 0.15) is 87.8 Å². The van der Waals surface area contributed by atoms with Gasteiger partial charge in [-0.1, -0.05) is 32.4 Å². The largest absolute Gasteiger partial charge is 0.355 e. The number of fused-ring (bicyclic) bond motifs is 2. The number of nitrogens with zero attached hydrogens (tertiary/aromatic N) is 5. The molecule has 1 aromatic carbocycles. The maximum atomic E-state index is 13.6. The molecule has 8 heteroatoms. The Morgan fingerprint density at radius 1 is 0.897 bits per heavy atom. The topological polar surface area (TPSA) is 97.2 Å². The van der Waals surface area contributed by atoms with Gasteiger partial charge in [0, 0.05) is 24.0 Å². The minimum absolute atomic E-state index is 0.0189. The molecule has 3 aromatic rings. The molecule has 5 heterocycles. The number of piperidine rings is 1. The third kappa shape index (κ3) is 3.82. The first-order chi connectivity index (χ1) is 19.0. The van der Waals surface area contributed by atoms with Gasteiger partial charge in [-0.15, -0.1) is 0 Å². The van der Waals surface area contributed by atoms with Gasteiger partial charge >= 0.3 is 0 Å². The molecule has 1 saturated carbocycles. The molecule has 1 spiro atoms. The molecule has 2 aromatic heterocycles. The molecular formula is C31H35N7O. The van der Waals surface area contributed by atoms with E-state index in [9.17, 15) is 10.1 Å². The number of carbonyl (C=O) groups is 1. The van der Waals surface area contributed by atoms with Gasteiger partial charge in [-0.05, 0) is 68.6 Å². The van der Waals surface area contributed by atoms with Gasteiger partial charge in [-0.3, -0.25) is 9.69 Å². The number of nitriles is 1. The van der Waals surface area contributed by atoms with Crippen molar-refractivity contribution in [3.05, 3.63) is 41.0 Å². The van der Waals surface area contributed by atoms with Crippen LogP contribution in [0.2, 0.25) is 0 Å². The van der Waals surface area contributed by atoms with Crippen molar-refractivity contribution in [2.24, 2.45) is 0 Å². The summed E-state index contributed by atoms with van der Waals surface area (Å²) in [7, 11) is 0. The molecule has 1 aliphatic carbocycles. The Balaban J connectivity index is 1.46. The smallest absolute Gasteiger partial charge is 0.237 e. The second-order valence-electron chi connectivity index (χ2n) is 11.9. The number of nitrogens with one attached hydrogen (secondary N) is 2. The predicted octanol–water partition coefficient (Wildman–Crippen LogP) is 6.33. The third-order valence-electron chi connectivity index (χ3n) is 9.00. The van der Waals surface area contributed by atoms with E-state index in [0.717, 1.165) is 91.1 Å². The zero-order valence-corrected chi connectivity index (χ0v) is 22.8. The van der Waals surface area contributed by atoms with E-state index in [2.05, 4.69) is 47.6 Å². The van der Waals surface area contributed by atoms with Gasteiger partial charge in [0.1, 0.15) is 40.6 Å². The number of amides is 1. The average Bonchev–Trinajstić information content (AvgIpc) is 3.28. The van der Waals surface area contributed by atoms with E-state index in [-0.39, 0.29) is 18.0 Å². The fraction of sp³-hybridized carbons (Fsp3) is 0.484. The lowest BCUT2D eigenvalue weighted by Crippen LogP contribution is -2.50. The summed E-state index contributed by atoms with van der Waals surface area (Å²) in [5.74, 6) is 3.29.